The topological polar surface area (TPSA) is 92.2 Å². The Morgan fingerprint density at radius 1 is 1.19 bits per heavy atom. The molecule has 6 heteroatoms. The predicted octanol–water partition coefficient (Wildman–Crippen LogP) is 1.59. The Kier molecular flexibility index (Phi) is 3.35. The molecule has 1 aliphatic carbocycles. The van der Waals surface area contributed by atoms with Gasteiger partial charge in [0, 0.05) is 12.4 Å². The van der Waals surface area contributed by atoms with E-state index in [1.807, 2.05) is 6.07 Å². The number of carboxylic acid groups (broad SMARTS) is 1. The maximum atomic E-state index is 12.1. The molecule has 6 nitrogen and oxygen atoms in total. The summed E-state index contributed by atoms with van der Waals surface area (Å²) in [4.78, 5) is 30.8. The number of hydrogen-bond donors (Lipinski definition) is 2. The Labute approximate surface area is 120 Å². The maximum absolute atomic E-state index is 12.1. The van der Waals surface area contributed by atoms with E-state index in [4.69, 9.17) is 5.11 Å². The molecule has 0 bridgehead atoms. The molecule has 1 aliphatic rings. The zero-order chi connectivity index (χ0) is 14.8. The second-order valence-electron chi connectivity index (χ2n) is 4.91. The molecule has 1 unspecified atom stereocenters. The summed E-state index contributed by atoms with van der Waals surface area (Å²) in [5.74, 6) is -1.22. The number of carbonyl (C=O) groups is 2. The summed E-state index contributed by atoms with van der Waals surface area (Å²) in [6, 6.07) is 4.87. The Balaban J connectivity index is 1.82. The van der Waals surface area contributed by atoms with Crippen LogP contribution in [-0.4, -0.2) is 27.0 Å². The van der Waals surface area contributed by atoms with E-state index < -0.39 is 5.97 Å². The number of hydrogen-bond acceptors (Lipinski definition) is 4. The Bertz CT molecular complexity index is 701. The molecule has 1 aromatic heterocycles. The molecule has 21 heavy (non-hydrogen) atoms. The predicted molar refractivity (Wildman–Crippen MR) is 74.0 cm³/mol. The van der Waals surface area contributed by atoms with Crippen molar-refractivity contribution in [1.29, 1.82) is 0 Å². The minimum Gasteiger partial charge on any atom is -0.478 e. The first-order chi connectivity index (χ1) is 10.1. The van der Waals surface area contributed by atoms with Crippen molar-refractivity contribution in [1.82, 2.24) is 15.3 Å². The second-order valence-corrected chi connectivity index (χ2v) is 4.91. The molecule has 0 fully saturated rings. The van der Waals surface area contributed by atoms with E-state index in [9.17, 15) is 9.59 Å². The summed E-state index contributed by atoms with van der Waals surface area (Å²) in [5.41, 5.74) is 2.58. The van der Waals surface area contributed by atoms with E-state index in [1.54, 1.807) is 12.1 Å². The van der Waals surface area contributed by atoms with Gasteiger partial charge in [0.25, 0.3) is 5.91 Å². The van der Waals surface area contributed by atoms with E-state index in [0.717, 1.165) is 24.0 Å². The molecule has 1 heterocycles. The zero-order valence-corrected chi connectivity index (χ0v) is 11.1. The van der Waals surface area contributed by atoms with Crippen molar-refractivity contribution in [3.63, 3.8) is 0 Å². The highest BCUT2D eigenvalue weighted by Gasteiger charge is 2.25. The average molecular weight is 283 g/mol. The molecule has 0 aliphatic heterocycles. The molecule has 106 valence electrons. The SMILES string of the molecule is O=C(O)c1ccc2c(c1)C(NC(=O)c1cncnc1)CC2. The summed E-state index contributed by atoms with van der Waals surface area (Å²) in [6.45, 7) is 0. The van der Waals surface area contributed by atoms with Gasteiger partial charge in [-0.25, -0.2) is 14.8 Å². The normalized spacial score (nSPS) is 16.3. The third-order valence-corrected chi connectivity index (χ3v) is 3.60. The highest BCUT2D eigenvalue weighted by molar-refractivity contribution is 5.94. The largest absolute Gasteiger partial charge is 0.478 e. The fourth-order valence-corrected chi connectivity index (χ4v) is 2.54. The molecule has 0 saturated carbocycles. The zero-order valence-electron chi connectivity index (χ0n) is 11.1. The lowest BCUT2D eigenvalue weighted by Crippen LogP contribution is -2.27. The Morgan fingerprint density at radius 3 is 2.67 bits per heavy atom. The minimum absolute atomic E-state index is 0.174. The van der Waals surface area contributed by atoms with Gasteiger partial charge in [-0.1, -0.05) is 6.07 Å². The van der Waals surface area contributed by atoms with Crippen LogP contribution in [0, 0.1) is 0 Å². The molecule has 0 radical (unpaired) electrons. The van der Waals surface area contributed by atoms with Gasteiger partial charge in [0.15, 0.2) is 0 Å². The van der Waals surface area contributed by atoms with Crippen LogP contribution in [0.5, 0.6) is 0 Å². The summed E-state index contributed by atoms with van der Waals surface area (Å²) >= 11 is 0. The molecule has 0 saturated heterocycles. The Morgan fingerprint density at radius 2 is 1.95 bits per heavy atom. The Hall–Kier alpha value is -2.76. The average Bonchev–Trinajstić information content (AvgIpc) is 2.90. The van der Waals surface area contributed by atoms with Gasteiger partial charge >= 0.3 is 5.97 Å². The number of carbonyl (C=O) groups excluding carboxylic acids is 1. The van der Waals surface area contributed by atoms with Crippen molar-refractivity contribution in [2.24, 2.45) is 0 Å². The molecule has 2 aromatic rings. The number of fused-ring (bicyclic) bond motifs is 1. The number of benzene rings is 1. The fourth-order valence-electron chi connectivity index (χ4n) is 2.54. The molecular formula is C15H13N3O3. The van der Waals surface area contributed by atoms with Crippen molar-refractivity contribution in [2.45, 2.75) is 18.9 Å². The van der Waals surface area contributed by atoms with Crippen LogP contribution in [0.4, 0.5) is 0 Å². The van der Waals surface area contributed by atoms with E-state index in [-0.39, 0.29) is 17.5 Å². The highest BCUT2D eigenvalue weighted by Crippen LogP contribution is 2.32. The smallest absolute Gasteiger partial charge is 0.335 e. The van der Waals surface area contributed by atoms with Crippen LogP contribution in [0.15, 0.2) is 36.9 Å². The lowest BCUT2D eigenvalue weighted by molar-refractivity contribution is 0.0696. The quantitative estimate of drug-likeness (QED) is 0.892. The fraction of sp³-hybridized carbons (Fsp3) is 0.200. The molecule has 1 atom stereocenters. The van der Waals surface area contributed by atoms with Crippen molar-refractivity contribution in [2.75, 3.05) is 0 Å². The number of carboxylic acids is 1. The van der Waals surface area contributed by atoms with Gasteiger partial charge in [-0.3, -0.25) is 4.79 Å². The van der Waals surface area contributed by atoms with Crippen LogP contribution in [-0.2, 0) is 6.42 Å². The number of aryl methyl sites for hydroxylation is 1. The summed E-state index contributed by atoms with van der Waals surface area (Å²) in [5, 5.41) is 12.0. The molecule has 3 rings (SSSR count). The van der Waals surface area contributed by atoms with E-state index in [2.05, 4.69) is 15.3 Å². The van der Waals surface area contributed by atoms with Crippen molar-refractivity contribution in [3.8, 4) is 0 Å². The van der Waals surface area contributed by atoms with E-state index in [0.29, 0.717) is 5.56 Å². The third kappa shape index (κ3) is 2.60. The minimum atomic E-state index is -0.966. The first kappa shape index (κ1) is 13.2. The highest BCUT2D eigenvalue weighted by atomic mass is 16.4. The third-order valence-electron chi connectivity index (χ3n) is 3.60. The lowest BCUT2D eigenvalue weighted by atomic mass is 10.0. The molecule has 0 spiro atoms. The van der Waals surface area contributed by atoms with Gasteiger partial charge in [-0.05, 0) is 36.1 Å². The van der Waals surface area contributed by atoms with Crippen molar-refractivity contribution >= 4 is 11.9 Å². The summed E-state index contributed by atoms with van der Waals surface area (Å²) in [6.07, 6.45) is 5.85. The molecular weight excluding hydrogens is 270 g/mol. The second kappa shape index (κ2) is 5.32. The maximum Gasteiger partial charge on any atom is 0.335 e. The number of nitrogens with zero attached hydrogens (tertiary/aromatic N) is 2. The van der Waals surface area contributed by atoms with E-state index in [1.165, 1.54) is 18.7 Å². The standard InChI is InChI=1S/C15H13N3O3/c19-14(11-6-16-8-17-7-11)18-13-4-3-9-1-2-10(15(20)21)5-12(9)13/h1-2,5-8,13H,3-4H2,(H,18,19)(H,20,21). The van der Waals surface area contributed by atoms with Crippen molar-refractivity contribution in [3.05, 3.63) is 59.2 Å². The first-order valence-electron chi connectivity index (χ1n) is 6.57. The first-order valence-corrected chi connectivity index (χ1v) is 6.57. The van der Waals surface area contributed by atoms with Gasteiger partial charge < -0.3 is 10.4 Å². The van der Waals surface area contributed by atoms with E-state index >= 15 is 0 Å². The van der Waals surface area contributed by atoms with Gasteiger partial charge in [-0.2, -0.15) is 0 Å². The monoisotopic (exact) mass is 283 g/mol. The van der Waals surface area contributed by atoms with Crippen molar-refractivity contribution < 1.29 is 14.7 Å². The number of aromatic nitrogens is 2. The number of amides is 1. The van der Waals surface area contributed by atoms with Gasteiger partial charge in [0.05, 0.1) is 17.2 Å². The van der Waals surface area contributed by atoms with Crippen LogP contribution >= 0.6 is 0 Å². The van der Waals surface area contributed by atoms with Crippen LogP contribution in [0.1, 0.15) is 44.3 Å². The van der Waals surface area contributed by atoms with Crippen LogP contribution < -0.4 is 5.32 Å². The molecule has 2 N–H and O–H groups in total. The lowest BCUT2D eigenvalue weighted by Gasteiger charge is -2.14. The summed E-state index contributed by atoms with van der Waals surface area (Å²) in [7, 11) is 0. The van der Waals surface area contributed by atoms with Crippen LogP contribution in [0.2, 0.25) is 0 Å². The van der Waals surface area contributed by atoms with Gasteiger partial charge in [0.2, 0.25) is 0 Å². The molecule has 1 aromatic carbocycles. The number of aromatic carboxylic acids is 1. The molecule has 1 amide bonds. The van der Waals surface area contributed by atoms with Gasteiger partial charge in [-0.15, -0.1) is 0 Å². The number of rotatable bonds is 3. The number of nitrogens with one attached hydrogen (secondary N) is 1. The van der Waals surface area contributed by atoms with Crippen LogP contribution in [0.3, 0.4) is 0 Å². The van der Waals surface area contributed by atoms with Crippen LogP contribution in [0.25, 0.3) is 0 Å². The van der Waals surface area contributed by atoms with Gasteiger partial charge in [0.1, 0.15) is 6.33 Å². The summed E-state index contributed by atoms with van der Waals surface area (Å²) < 4.78 is 0.